The number of piperidine rings is 1. The Kier molecular flexibility index (Phi) is 6.53. The number of aromatic nitrogens is 2. The molecule has 1 N–H and O–H groups in total. The van der Waals surface area contributed by atoms with E-state index in [2.05, 4.69) is 48.3 Å². The Labute approximate surface area is 205 Å². The SMILES string of the molecule is COC(=O)C1CCN(C(=O)CCCc2c(-c3ccc4ccccc4n3)[nH]c3ccc(C)cc23)CC1. The van der Waals surface area contributed by atoms with Crippen LogP contribution in [0.15, 0.2) is 54.6 Å². The summed E-state index contributed by atoms with van der Waals surface area (Å²) in [4.78, 5) is 35.1. The molecule has 0 unspecified atom stereocenters. The molecule has 35 heavy (non-hydrogen) atoms. The van der Waals surface area contributed by atoms with Gasteiger partial charge in [0.1, 0.15) is 0 Å². The molecule has 0 saturated carbocycles. The van der Waals surface area contributed by atoms with E-state index < -0.39 is 0 Å². The van der Waals surface area contributed by atoms with Gasteiger partial charge in [-0.05, 0) is 62.4 Å². The molecular formula is C29H31N3O3. The first-order valence-electron chi connectivity index (χ1n) is 12.4. The van der Waals surface area contributed by atoms with Crippen molar-refractivity contribution >= 4 is 33.7 Å². The van der Waals surface area contributed by atoms with Crippen LogP contribution in [-0.4, -0.2) is 46.9 Å². The molecule has 0 atom stereocenters. The maximum absolute atomic E-state index is 12.9. The summed E-state index contributed by atoms with van der Waals surface area (Å²) in [5, 5.41) is 2.31. The molecule has 1 amide bonds. The van der Waals surface area contributed by atoms with Crippen molar-refractivity contribution in [1.82, 2.24) is 14.9 Å². The van der Waals surface area contributed by atoms with Gasteiger partial charge >= 0.3 is 5.97 Å². The Balaban J connectivity index is 1.33. The van der Waals surface area contributed by atoms with Crippen LogP contribution >= 0.6 is 0 Å². The Bertz CT molecular complexity index is 1380. The fourth-order valence-electron chi connectivity index (χ4n) is 5.15. The number of hydrogen-bond donors (Lipinski definition) is 1. The molecule has 2 aromatic carbocycles. The summed E-state index contributed by atoms with van der Waals surface area (Å²) in [5.41, 5.74) is 6.43. The van der Waals surface area contributed by atoms with Crippen molar-refractivity contribution in [3.8, 4) is 11.4 Å². The van der Waals surface area contributed by atoms with Crippen molar-refractivity contribution < 1.29 is 14.3 Å². The number of amides is 1. The molecule has 6 nitrogen and oxygen atoms in total. The molecule has 0 spiro atoms. The minimum Gasteiger partial charge on any atom is -0.469 e. The molecule has 4 aromatic rings. The van der Waals surface area contributed by atoms with Crippen LogP contribution in [0.1, 0.15) is 36.8 Å². The second-order valence-electron chi connectivity index (χ2n) is 9.45. The topological polar surface area (TPSA) is 75.3 Å². The number of likely N-dealkylation sites (tertiary alicyclic amines) is 1. The fraction of sp³-hybridized carbons (Fsp3) is 0.345. The van der Waals surface area contributed by atoms with Crippen molar-refractivity contribution in [2.45, 2.75) is 39.0 Å². The van der Waals surface area contributed by atoms with Gasteiger partial charge in [-0.1, -0.05) is 35.9 Å². The number of methoxy groups -OCH3 is 1. The number of nitrogens with one attached hydrogen (secondary N) is 1. The minimum atomic E-state index is -0.165. The first-order valence-corrected chi connectivity index (χ1v) is 12.4. The van der Waals surface area contributed by atoms with E-state index >= 15 is 0 Å². The number of rotatable bonds is 6. The predicted molar refractivity (Wildman–Crippen MR) is 138 cm³/mol. The van der Waals surface area contributed by atoms with E-state index in [1.54, 1.807) is 0 Å². The maximum Gasteiger partial charge on any atom is 0.308 e. The summed E-state index contributed by atoms with van der Waals surface area (Å²) in [6.07, 6.45) is 3.40. The lowest BCUT2D eigenvalue weighted by Crippen LogP contribution is -2.40. The van der Waals surface area contributed by atoms with Gasteiger partial charge in [0.05, 0.1) is 29.9 Å². The molecule has 1 saturated heterocycles. The highest BCUT2D eigenvalue weighted by molar-refractivity contribution is 5.92. The van der Waals surface area contributed by atoms with Gasteiger partial charge in [0.2, 0.25) is 5.91 Å². The number of H-pyrrole nitrogens is 1. The maximum atomic E-state index is 12.9. The molecule has 0 aliphatic carbocycles. The smallest absolute Gasteiger partial charge is 0.308 e. The second kappa shape index (κ2) is 9.90. The molecule has 2 aromatic heterocycles. The third-order valence-corrected chi connectivity index (χ3v) is 7.12. The molecule has 1 aliphatic heterocycles. The number of nitrogens with zero attached hydrogens (tertiary/aromatic N) is 2. The molecule has 6 heteroatoms. The first-order chi connectivity index (χ1) is 17.0. The monoisotopic (exact) mass is 469 g/mol. The highest BCUT2D eigenvalue weighted by Gasteiger charge is 2.27. The van der Waals surface area contributed by atoms with Crippen molar-refractivity contribution in [2.75, 3.05) is 20.2 Å². The van der Waals surface area contributed by atoms with Crippen LogP contribution in [0.2, 0.25) is 0 Å². The molecule has 1 aliphatic rings. The second-order valence-corrected chi connectivity index (χ2v) is 9.45. The van der Waals surface area contributed by atoms with Crippen LogP contribution in [-0.2, 0) is 20.7 Å². The number of para-hydroxylation sites is 1. The Morgan fingerprint density at radius 1 is 1.09 bits per heavy atom. The number of benzene rings is 2. The lowest BCUT2D eigenvalue weighted by atomic mass is 9.96. The number of pyridine rings is 1. The summed E-state index contributed by atoms with van der Waals surface area (Å²) < 4.78 is 4.86. The lowest BCUT2D eigenvalue weighted by Gasteiger charge is -2.30. The summed E-state index contributed by atoms with van der Waals surface area (Å²) >= 11 is 0. The normalized spacial score (nSPS) is 14.5. The molecular weight excluding hydrogens is 438 g/mol. The number of hydrogen-bond acceptors (Lipinski definition) is 4. The summed E-state index contributed by atoms with van der Waals surface area (Å²) in [5.74, 6) is -0.0909. The third-order valence-electron chi connectivity index (χ3n) is 7.12. The van der Waals surface area contributed by atoms with Crippen molar-refractivity contribution in [1.29, 1.82) is 0 Å². The number of carbonyl (C=O) groups excluding carboxylic acids is 2. The quantitative estimate of drug-likeness (QED) is 0.382. The van der Waals surface area contributed by atoms with Gasteiger partial charge < -0.3 is 14.6 Å². The van der Waals surface area contributed by atoms with Gasteiger partial charge in [0.25, 0.3) is 0 Å². The van der Waals surface area contributed by atoms with Gasteiger partial charge in [-0.2, -0.15) is 0 Å². The average Bonchev–Trinajstić information content (AvgIpc) is 3.25. The molecule has 3 heterocycles. The zero-order valence-electron chi connectivity index (χ0n) is 20.3. The zero-order valence-corrected chi connectivity index (χ0v) is 20.3. The zero-order chi connectivity index (χ0) is 24.4. The molecule has 1 fully saturated rings. The first kappa shape index (κ1) is 23.1. The van der Waals surface area contributed by atoms with Gasteiger partial charge in [-0.25, -0.2) is 4.98 Å². The van der Waals surface area contributed by atoms with Crippen LogP contribution in [0.5, 0.6) is 0 Å². The van der Waals surface area contributed by atoms with Crippen molar-refractivity contribution in [3.63, 3.8) is 0 Å². The molecule has 180 valence electrons. The third kappa shape index (κ3) is 4.78. The Hall–Kier alpha value is -3.67. The average molecular weight is 470 g/mol. The number of ether oxygens (including phenoxy) is 1. The van der Waals surface area contributed by atoms with E-state index in [0.29, 0.717) is 32.4 Å². The van der Waals surface area contributed by atoms with Crippen LogP contribution < -0.4 is 0 Å². The van der Waals surface area contributed by atoms with E-state index in [4.69, 9.17) is 9.72 Å². The summed E-state index contributed by atoms with van der Waals surface area (Å²) in [6, 6.07) is 18.8. The van der Waals surface area contributed by atoms with Gasteiger partial charge in [0, 0.05) is 35.8 Å². The number of esters is 1. The molecule has 0 bridgehead atoms. The summed E-state index contributed by atoms with van der Waals surface area (Å²) in [7, 11) is 1.42. The van der Waals surface area contributed by atoms with Gasteiger partial charge in [-0.15, -0.1) is 0 Å². The van der Waals surface area contributed by atoms with E-state index in [0.717, 1.165) is 40.6 Å². The van der Waals surface area contributed by atoms with Crippen LogP contribution in [0, 0.1) is 12.8 Å². The highest BCUT2D eigenvalue weighted by Crippen LogP contribution is 2.32. The van der Waals surface area contributed by atoms with Crippen LogP contribution in [0.3, 0.4) is 0 Å². The minimum absolute atomic E-state index is 0.0875. The van der Waals surface area contributed by atoms with Crippen molar-refractivity contribution in [2.24, 2.45) is 5.92 Å². The van der Waals surface area contributed by atoms with Crippen LogP contribution in [0.25, 0.3) is 33.2 Å². The van der Waals surface area contributed by atoms with E-state index in [1.165, 1.54) is 23.6 Å². The van der Waals surface area contributed by atoms with Crippen molar-refractivity contribution in [3.05, 3.63) is 65.7 Å². The highest BCUT2D eigenvalue weighted by atomic mass is 16.5. The molecule has 5 rings (SSSR count). The van der Waals surface area contributed by atoms with E-state index in [-0.39, 0.29) is 17.8 Å². The molecule has 0 radical (unpaired) electrons. The number of fused-ring (bicyclic) bond motifs is 2. The van der Waals surface area contributed by atoms with E-state index in [1.807, 2.05) is 23.1 Å². The lowest BCUT2D eigenvalue weighted by molar-refractivity contribution is -0.148. The Morgan fingerprint density at radius 3 is 2.69 bits per heavy atom. The van der Waals surface area contributed by atoms with Crippen LogP contribution in [0.4, 0.5) is 0 Å². The van der Waals surface area contributed by atoms with Gasteiger partial charge in [-0.3, -0.25) is 9.59 Å². The largest absolute Gasteiger partial charge is 0.469 e. The number of aromatic amines is 1. The predicted octanol–water partition coefficient (Wildman–Crippen LogP) is 5.43. The number of carbonyl (C=O) groups is 2. The van der Waals surface area contributed by atoms with Gasteiger partial charge in [0.15, 0.2) is 0 Å². The number of aryl methyl sites for hydroxylation is 2. The van der Waals surface area contributed by atoms with E-state index in [9.17, 15) is 9.59 Å². The Morgan fingerprint density at radius 2 is 1.89 bits per heavy atom. The fourth-order valence-corrected chi connectivity index (χ4v) is 5.15. The standard InChI is InChI=1S/C29H31N3O3/c1-19-10-12-25-23(18-19)22(28(31-25)26-13-11-20-6-3-4-8-24(20)30-26)7-5-9-27(33)32-16-14-21(15-17-32)29(34)35-2/h3-4,6,8,10-13,18,21,31H,5,7,9,14-17H2,1-2H3. The summed E-state index contributed by atoms with van der Waals surface area (Å²) in [6.45, 7) is 3.35.